The fourth-order valence-corrected chi connectivity index (χ4v) is 6.90. The lowest BCUT2D eigenvalue weighted by Crippen LogP contribution is -2.52. The molecule has 3 aromatic rings. The summed E-state index contributed by atoms with van der Waals surface area (Å²) in [5.74, 6) is 0.630. The number of amides is 1. The maximum Gasteiger partial charge on any atom is 0.256 e. The molecule has 3 aliphatic heterocycles. The molecule has 6 rings (SSSR count). The van der Waals surface area contributed by atoms with Crippen LogP contribution in [0.1, 0.15) is 16.7 Å². The zero-order valence-corrected chi connectivity index (χ0v) is 20.6. The van der Waals surface area contributed by atoms with E-state index in [1.165, 1.54) is 27.8 Å². The number of hydrogen-bond donors (Lipinski definition) is 1. The van der Waals surface area contributed by atoms with Gasteiger partial charge >= 0.3 is 0 Å². The number of likely N-dealkylation sites (tertiary alicyclic amines) is 1. The Morgan fingerprint density at radius 1 is 1.06 bits per heavy atom. The van der Waals surface area contributed by atoms with Gasteiger partial charge in [-0.1, -0.05) is 12.1 Å². The minimum absolute atomic E-state index is 0.173. The average molecular weight is 514 g/mol. The molecule has 0 radical (unpaired) electrons. The number of benzene rings is 2. The van der Waals surface area contributed by atoms with Gasteiger partial charge in [0.05, 0.1) is 20.1 Å². The number of rotatable bonds is 4. The second kappa shape index (κ2) is 8.30. The van der Waals surface area contributed by atoms with Crippen LogP contribution in [-0.4, -0.2) is 73.0 Å². The molecule has 2 saturated heterocycles. The highest BCUT2D eigenvalue weighted by molar-refractivity contribution is 7.89. The molecule has 2 fully saturated rings. The fourth-order valence-electron chi connectivity index (χ4n) is 4.50. The Kier molecular flexibility index (Phi) is 5.33. The highest BCUT2D eigenvalue weighted by Crippen LogP contribution is 2.36. The summed E-state index contributed by atoms with van der Waals surface area (Å²) >= 11 is 1.46. The number of nitrogens with zero attached hydrogens (tertiary/aromatic N) is 3. The van der Waals surface area contributed by atoms with Crippen molar-refractivity contribution in [1.82, 2.24) is 14.2 Å². The number of aromatic nitrogens is 1. The summed E-state index contributed by atoms with van der Waals surface area (Å²) in [7, 11) is -3.65. The Morgan fingerprint density at radius 2 is 1.77 bits per heavy atom. The van der Waals surface area contributed by atoms with Gasteiger partial charge in [-0.2, -0.15) is 4.31 Å². The molecular weight excluding hydrogens is 490 g/mol. The number of aryl methyl sites for hydroxylation is 1. The minimum atomic E-state index is -3.65. The third-order valence-corrected chi connectivity index (χ3v) is 9.37. The third kappa shape index (κ3) is 3.79. The van der Waals surface area contributed by atoms with Crippen molar-refractivity contribution in [1.29, 1.82) is 0 Å². The lowest BCUT2D eigenvalue weighted by atomic mass is 9.95. The summed E-state index contributed by atoms with van der Waals surface area (Å²) in [5, 5.41) is 11.6. The highest BCUT2D eigenvalue weighted by Gasteiger charge is 2.39. The van der Waals surface area contributed by atoms with Crippen LogP contribution in [-0.2, 0) is 14.8 Å². The predicted molar refractivity (Wildman–Crippen MR) is 129 cm³/mol. The fraction of sp³-hybridized carbons (Fsp3) is 0.333. The van der Waals surface area contributed by atoms with Crippen LogP contribution in [0.3, 0.4) is 0 Å². The number of fused-ring (bicyclic) bond motifs is 2. The minimum Gasteiger partial charge on any atom is -0.486 e. The molecule has 1 atom stereocenters. The van der Waals surface area contributed by atoms with E-state index in [1.54, 1.807) is 23.1 Å². The molecule has 35 heavy (non-hydrogen) atoms. The molecule has 9 nitrogen and oxygen atoms in total. The molecule has 182 valence electrons. The van der Waals surface area contributed by atoms with Crippen molar-refractivity contribution in [3.8, 4) is 11.5 Å². The van der Waals surface area contributed by atoms with Crippen LogP contribution in [0, 0.1) is 6.92 Å². The van der Waals surface area contributed by atoms with Crippen molar-refractivity contribution < 1.29 is 27.8 Å². The van der Waals surface area contributed by atoms with Crippen molar-refractivity contribution in [2.45, 2.75) is 17.9 Å². The van der Waals surface area contributed by atoms with Crippen molar-refractivity contribution in [3.05, 3.63) is 58.1 Å². The summed E-state index contributed by atoms with van der Waals surface area (Å²) in [6.45, 7) is 4.14. The van der Waals surface area contributed by atoms with Crippen molar-refractivity contribution in [2.75, 3.05) is 39.4 Å². The molecule has 1 aromatic heterocycles. The van der Waals surface area contributed by atoms with Crippen LogP contribution in [0.25, 0.3) is 10.2 Å². The summed E-state index contributed by atoms with van der Waals surface area (Å²) in [4.78, 5) is 19.1. The maximum atomic E-state index is 13.0. The Hall–Kier alpha value is -2.99. The second-order valence-electron chi connectivity index (χ2n) is 8.81. The van der Waals surface area contributed by atoms with Gasteiger partial charge in [0, 0.05) is 37.8 Å². The predicted octanol–water partition coefficient (Wildman–Crippen LogP) is 2.25. The van der Waals surface area contributed by atoms with Crippen LogP contribution < -0.4 is 9.47 Å². The molecule has 0 bridgehead atoms. The summed E-state index contributed by atoms with van der Waals surface area (Å²) in [6, 6.07) is 10.1. The van der Waals surface area contributed by atoms with E-state index < -0.39 is 16.1 Å². The maximum absolute atomic E-state index is 13.0. The monoisotopic (exact) mass is 513 g/mol. The smallest absolute Gasteiger partial charge is 0.256 e. The molecule has 11 heteroatoms. The molecule has 3 aliphatic rings. The third-order valence-electron chi connectivity index (χ3n) is 6.54. The number of ether oxygens (including phenoxy) is 2. The quantitative estimate of drug-likeness (QED) is 0.533. The van der Waals surface area contributed by atoms with Crippen molar-refractivity contribution in [3.63, 3.8) is 0 Å². The number of carbonyl (C=O) groups is 1. The van der Waals surface area contributed by atoms with E-state index >= 15 is 0 Å². The lowest BCUT2D eigenvalue weighted by molar-refractivity contribution is -0.141. The largest absolute Gasteiger partial charge is 0.486 e. The molecule has 0 saturated carbocycles. The number of aliphatic hydroxyl groups is 1. The number of thiazole rings is 1. The highest BCUT2D eigenvalue weighted by atomic mass is 32.2. The van der Waals surface area contributed by atoms with Gasteiger partial charge < -0.3 is 19.5 Å². The second-order valence-corrected chi connectivity index (χ2v) is 12.0. The van der Waals surface area contributed by atoms with E-state index in [9.17, 15) is 18.3 Å². The van der Waals surface area contributed by atoms with Gasteiger partial charge in [0.2, 0.25) is 10.0 Å². The van der Waals surface area contributed by atoms with Crippen LogP contribution in [0.5, 0.6) is 11.5 Å². The van der Waals surface area contributed by atoms with E-state index in [-0.39, 0.29) is 10.8 Å². The van der Waals surface area contributed by atoms with Crippen molar-refractivity contribution >= 4 is 37.5 Å². The zero-order chi connectivity index (χ0) is 24.3. The Morgan fingerprint density at radius 3 is 2.54 bits per heavy atom. The topological polar surface area (TPSA) is 109 Å². The van der Waals surface area contributed by atoms with E-state index in [0.717, 1.165) is 26.4 Å². The normalized spacial score (nSPS) is 18.9. The first-order chi connectivity index (χ1) is 16.8. The number of aliphatic hydroxyl groups excluding tert-OH is 1. The summed E-state index contributed by atoms with van der Waals surface area (Å²) in [5.41, 5.74) is 3.41. The van der Waals surface area contributed by atoms with Crippen LogP contribution in [0.4, 0.5) is 0 Å². The SMILES string of the molecule is Cc1nc2cccc(C(O)C(=O)N3CC(=C4CN(S(=O)(=O)c5ccc6c(c5)OCCO6)C4)C3)c2s1. The number of hydrogen-bond acceptors (Lipinski definition) is 8. The molecule has 2 aromatic carbocycles. The number of carbonyl (C=O) groups excluding carboxylic acids is 1. The van der Waals surface area contributed by atoms with Crippen LogP contribution in [0.2, 0.25) is 0 Å². The first kappa shape index (κ1) is 22.5. The molecule has 0 spiro atoms. The summed E-state index contributed by atoms with van der Waals surface area (Å²) in [6.07, 6.45) is -1.25. The Labute approximate surface area is 206 Å². The molecule has 1 unspecified atom stereocenters. The van der Waals surface area contributed by atoms with Gasteiger partial charge in [0.25, 0.3) is 5.91 Å². The van der Waals surface area contributed by atoms with Gasteiger partial charge in [-0.05, 0) is 36.3 Å². The van der Waals surface area contributed by atoms with Gasteiger partial charge in [0.1, 0.15) is 13.2 Å². The zero-order valence-electron chi connectivity index (χ0n) is 18.9. The summed E-state index contributed by atoms with van der Waals surface area (Å²) < 4.78 is 39.2. The van der Waals surface area contributed by atoms with Crippen LogP contribution >= 0.6 is 11.3 Å². The molecular formula is C24H23N3O6S2. The number of sulfonamides is 1. The van der Waals surface area contributed by atoms with Gasteiger partial charge in [-0.3, -0.25) is 4.79 Å². The first-order valence-corrected chi connectivity index (χ1v) is 13.5. The van der Waals surface area contributed by atoms with E-state index in [0.29, 0.717) is 56.5 Å². The van der Waals surface area contributed by atoms with E-state index in [1.807, 2.05) is 13.0 Å². The van der Waals surface area contributed by atoms with Gasteiger partial charge in [-0.15, -0.1) is 11.3 Å². The standard InChI is InChI=1S/C24H23N3O6S2/c1-14-25-19-4-2-3-18(23(19)34-14)22(28)24(29)26-10-15(11-26)16-12-27(13-16)35(30,31)17-5-6-20-21(9-17)33-8-7-32-20/h2-6,9,22,28H,7-8,10-13H2,1H3. The molecule has 1 N–H and O–H groups in total. The Balaban J connectivity index is 1.10. The molecule has 0 aliphatic carbocycles. The van der Waals surface area contributed by atoms with Gasteiger partial charge in [-0.25, -0.2) is 13.4 Å². The molecule has 4 heterocycles. The van der Waals surface area contributed by atoms with E-state index in [2.05, 4.69) is 4.98 Å². The van der Waals surface area contributed by atoms with E-state index in [4.69, 9.17) is 9.47 Å². The van der Waals surface area contributed by atoms with Crippen LogP contribution in [0.15, 0.2) is 52.4 Å². The Bertz CT molecular complexity index is 1480. The van der Waals surface area contributed by atoms with Crippen molar-refractivity contribution in [2.24, 2.45) is 0 Å². The average Bonchev–Trinajstić information content (AvgIpc) is 3.18. The molecule has 1 amide bonds. The first-order valence-electron chi connectivity index (χ1n) is 11.2. The van der Waals surface area contributed by atoms with Gasteiger partial charge in [0.15, 0.2) is 17.6 Å². The lowest BCUT2D eigenvalue weighted by Gasteiger charge is -2.42.